The summed E-state index contributed by atoms with van der Waals surface area (Å²) in [6.07, 6.45) is -4.23. The first kappa shape index (κ1) is 13.1. The second-order valence-electron chi connectivity index (χ2n) is 3.83. The molecule has 92 valence electrons. The van der Waals surface area contributed by atoms with Crippen LogP contribution in [0.15, 0.2) is 0 Å². The molecule has 3 nitrogen and oxygen atoms in total. The van der Waals surface area contributed by atoms with Crippen LogP contribution in [0.4, 0.5) is 24.0 Å². The number of nitrogens with two attached hydrogens (primary N) is 1. The molecule has 0 atom stereocenters. The molecule has 0 aliphatic carbocycles. The summed E-state index contributed by atoms with van der Waals surface area (Å²) in [6, 6.07) is -0.250. The van der Waals surface area contributed by atoms with Crippen LogP contribution in [0.5, 0.6) is 0 Å². The highest BCUT2D eigenvalue weighted by atomic mass is 32.1. The van der Waals surface area contributed by atoms with Crippen LogP contribution in [-0.2, 0) is 0 Å². The van der Waals surface area contributed by atoms with E-state index in [-0.39, 0.29) is 6.04 Å². The zero-order chi connectivity index (χ0) is 12.5. The normalized spacial score (nSPS) is 12.2. The molecule has 0 aliphatic rings. The molecule has 0 saturated carbocycles. The van der Waals surface area contributed by atoms with E-state index >= 15 is 0 Å². The summed E-state index contributed by atoms with van der Waals surface area (Å²) in [5.74, 6) is 0.299. The molecule has 1 aromatic heterocycles. The predicted molar refractivity (Wildman–Crippen MR) is 59.8 cm³/mol. The van der Waals surface area contributed by atoms with Crippen molar-refractivity contribution in [3.05, 3.63) is 5.56 Å². The van der Waals surface area contributed by atoms with Gasteiger partial charge in [-0.2, -0.15) is 17.5 Å². The van der Waals surface area contributed by atoms with E-state index in [1.807, 2.05) is 0 Å². The maximum atomic E-state index is 12.4. The number of hydrogen-bond donors (Lipinski definition) is 1. The minimum atomic E-state index is -4.23. The maximum absolute atomic E-state index is 12.4. The molecule has 0 fully saturated rings. The fourth-order valence-corrected chi connectivity index (χ4v) is 2.23. The smallest absolute Gasteiger partial charge is 0.383 e. The van der Waals surface area contributed by atoms with Crippen LogP contribution in [-0.4, -0.2) is 23.1 Å². The second-order valence-corrected chi connectivity index (χ2v) is 4.59. The number of hydrogen-bond acceptors (Lipinski definition) is 4. The summed E-state index contributed by atoms with van der Waals surface area (Å²) in [7, 11) is 0. The Balaban J connectivity index is 2.99. The van der Waals surface area contributed by atoms with E-state index in [9.17, 15) is 13.2 Å². The molecule has 0 amide bonds. The van der Waals surface area contributed by atoms with Crippen molar-refractivity contribution < 1.29 is 13.2 Å². The van der Waals surface area contributed by atoms with Crippen LogP contribution >= 0.6 is 11.5 Å². The van der Waals surface area contributed by atoms with Gasteiger partial charge in [0, 0.05) is 11.6 Å². The quantitative estimate of drug-likeness (QED) is 0.900. The lowest BCUT2D eigenvalue weighted by atomic mass is 10.2. The van der Waals surface area contributed by atoms with Gasteiger partial charge in [-0.25, -0.2) is 0 Å². The zero-order valence-corrected chi connectivity index (χ0v) is 10.1. The van der Waals surface area contributed by atoms with E-state index in [1.54, 1.807) is 20.8 Å². The van der Waals surface area contributed by atoms with Crippen molar-refractivity contribution >= 4 is 22.4 Å². The summed E-state index contributed by atoms with van der Waals surface area (Å²) in [5.41, 5.74) is 6.15. The zero-order valence-electron chi connectivity index (χ0n) is 9.30. The molecule has 0 radical (unpaired) electrons. The van der Waals surface area contributed by atoms with Crippen LogP contribution < -0.4 is 10.6 Å². The Morgan fingerprint density at radius 2 is 2.00 bits per heavy atom. The lowest BCUT2D eigenvalue weighted by Crippen LogP contribution is -2.39. The van der Waals surface area contributed by atoms with Gasteiger partial charge < -0.3 is 10.6 Å². The van der Waals surface area contributed by atoms with Gasteiger partial charge in [0.05, 0.1) is 0 Å². The molecule has 0 aliphatic heterocycles. The van der Waals surface area contributed by atoms with Gasteiger partial charge in [0.1, 0.15) is 17.4 Å². The van der Waals surface area contributed by atoms with Crippen LogP contribution in [0, 0.1) is 6.92 Å². The van der Waals surface area contributed by atoms with E-state index in [2.05, 4.69) is 4.37 Å². The first-order valence-electron chi connectivity index (χ1n) is 4.77. The molecular weight excluding hydrogens is 239 g/mol. The molecule has 0 saturated heterocycles. The van der Waals surface area contributed by atoms with Crippen molar-refractivity contribution in [2.75, 3.05) is 17.2 Å². The van der Waals surface area contributed by atoms with E-state index < -0.39 is 12.7 Å². The Hall–Kier alpha value is -0.980. The summed E-state index contributed by atoms with van der Waals surface area (Å²) in [5, 5.41) is 0.491. The van der Waals surface area contributed by atoms with Gasteiger partial charge in [-0.15, -0.1) is 0 Å². The van der Waals surface area contributed by atoms with Gasteiger partial charge in [0.25, 0.3) is 0 Å². The highest BCUT2D eigenvalue weighted by Crippen LogP contribution is 2.33. The van der Waals surface area contributed by atoms with Crippen molar-refractivity contribution in [1.29, 1.82) is 0 Å². The molecule has 2 N–H and O–H groups in total. The van der Waals surface area contributed by atoms with Gasteiger partial charge in [0.2, 0.25) is 0 Å². The maximum Gasteiger partial charge on any atom is 0.405 e. The minimum absolute atomic E-state index is 0.250. The van der Waals surface area contributed by atoms with Crippen molar-refractivity contribution in [1.82, 2.24) is 4.37 Å². The number of rotatable bonds is 3. The van der Waals surface area contributed by atoms with Crippen LogP contribution in [0.1, 0.15) is 19.4 Å². The Bertz CT molecular complexity index is 359. The predicted octanol–water partition coefficient (Wildman–Crippen LogP) is 2.81. The SMILES string of the molecule is Cc1c(N)nsc1N(CC(F)(F)F)C(C)C. The largest absolute Gasteiger partial charge is 0.405 e. The van der Waals surface area contributed by atoms with Gasteiger partial charge in [-0.3, -0.25) is 0 Å². The van der Waals surface area contributed by atoms with Crippen LogP contribution in [0.2, 0.25) is 0 Å². The third-order valence-electron chi connectivity index (χ3n) is 2.17. The summed E-state index contributed by atoms with van der Waals surface area (Å²) in [6.45, 7) is 4.12. The number of halogens is 3. The third-order valence-corrected chi connectivity index (χ3v) is 3.17. The molecule has 7 heteroatoms. The van der Waals surface area contributed by atoms with Gasteiger partial charge in [-0.05, 0) is 32.3 Å². The van der Waals surface area contributed by atoms with E-state index in [1.165, 1.54) is 4.90 Å². The van der Waals surface area contributed by atoms with Gasteiger partial charge in [-0.1, -0.05) is 0 Å². The molecular formula is C9H14F3N3S. The monoisotopic (exact) mass is 253 g/mol. The molecule has 1 heterocycles. The van der Waals surface area contributed by atoms with Crippen LogP contribution in [0.25, 0.3) is 0 Å². The summed E-state index contributed by atoms with van der Waals surface area (Å²) < 4.78 is 41.1. The van der Waals surface area contributed by atoms with Crippen molar-refractivity contribution in [3.8, 4) is 0 Å². The fourth-order valence-electron chi connectivity index (χ4n) is 1.29. The summed E-state index contributed by atoms with van der Waals surface area (Å²) >= 11 is 1.00. The number of alkyl halides is 3. The first-order chi connectivity index (χ1) is 7.22. The topological polar surface area (TPSA) is 42.1 Å². The number of nitrogen functional groups attached to an aromatic ring is 1. The Kier molecular flexibility index (Phi) is 3.67. The molecule has 0 aromatic carbocycles. The molecule has 1 rings (SSSR count). The standard InChI is InChI=1S/C9H14F3N3S/c1-5(2)15(4-9(10,11)12)8-6(3)7(13)14-16-8/h5H,4H2,1-3H3,(H2,13,14). The van der Waals surface area contributed by atoms with Crippen LogP contribution in [0.3, 0.4) is 0 Å². The van der Waals surface area contributed by atoms with Crippen molar-refractivity contribution in [3.63, 3.8) is 0 Å². The Labute approximate surface area is 96.2 Å². The molecule has 0 spiro atoms. The molecule has 1 aromatic rings. The molecule has 16 heavy (non-hydrogen) atoms. The average molecular weight is 253 g/mol. The summed E-state index contributed by atoms with van der Waals surface area (Å²) in [4.78, 5) is 1.27. The highest BCUT2D eigenvalue weighted by Gasteiger charge is 2.33. The fraction of sp³-hybridized carbons (Fsp3) is 0.667. The van der Waals surface area contributed by atoms with E-state index in [4.69, 9.17) is 5.73 Å². The number of anilines is 2. The average Bonchev–Trinajstić information content (AvgIpc) is 2.42. The highest BCUT2D eigenvalue weighted by molar-refractivity contribution is 7.10. The third kappa shape index (κ3) is 3.01. The molecule has 0 unspecified atom stereocenters. The minimum Gasteiger partial charge on any atom is -0.383 e. The lowest BCUT2D eigenvalue weighted by molar-refractivity contribution is -0.120. The number of nitrogens with zero attached hydrogens (tertiary/aromatic N) is 2. The van der Waals surface area contributed by atoms with Gasteiger partial charge in [0.15, 0.2) is 0 Å². The number of aromatic nitrogens is 1. The van der Waals surface area contributed by atoms with E-state index in [0.29, 0.717) is 16.4 Å². The Morgan fingerprint density at radius 3 is 2.31 bits per heavy atom. The van der Waals surface area contributed by atoms with Crippen molar-refractivity contribution in [2.24, 2.45) is 0 Å². The van der Waals surface area contributed by atoms with Gasteiger partial charge >= 0.3 is 6.18 Å². The molecule has 0 bridgehead atoms. The first-order valence-corrected chi connectivity index (χ1v) is 5.55. The van der Waals surface area contributed by atoms with Crippen molar-refractivity contribution in [2.45, 2.75) is 33.0 Å². The lowest BCUT2D eigenvalue weighted by Gasteiger charge is -2.28. The van der Waals surface area contributed by atoms with E-state index in [0.717, 1.165) is 11.5 Å². The second kappa shape index (κ2) is 4.48. The Morgan fingerprint density at radius 1 is 1.44 bits per heavy atom.